The summed E-state index contributed by atoms with van der Waals surface area (Å²) >= 11 is 0. The summed E-state index contributed by atoms with van der Waals surface area (Å²) in [5.74, 6) is 0.486. The Bertz CT molecular complexity index is 513. The Kier molecular flexibility index (Phi) is 7.43. The normalized spacial score (nSPS) is 10.2. The summed E-state index contributed by atoms with van der Waals surface area (Å²) in [6.45, 7) is 7.20. The lowest BCUT2D eigenvalue weighted by Crippen LogP contribution is -2.33. The van der Waals surface area contributed by atoms with Crippen LogP contribution in [0.1, 0.15) is 30.9 Å². The Morgan fingerprint density at radius 2 is 1.91 bits per heavy atom. The number of amides is 1. The minimum atomic E-state index is -0.308. The van der Waals surface area contributed by atoms with Gasteiger partial charge in [0.05, 0.1) is 26.6 Å². The van der Waals surface area contributed by atoms with Gasteiger partial charge in [0.1, 0.15) is 5.75 Å². The molecule has 0 heterocycles. The lowest BCUT2D eigenvalue weighted by Gasteiger charge is -2.20. The first kappa shape index (κ1) is 18.0. The number of aryl methyl sites for hydroxylation is 1. The van der Waals surface area contributed by atoms with E-state index in [9.17, 15) is 9.59 Å². The molecule has 5 nitrogen and oxygen atoms in total. The predicted molar refractivity (Wildman–Crippen MR) is 84.9 cm³/mol. The number of rotatable bonds is 8. The maximum Gasteiger partial charge on any atom is 0.307 e. The molecule has 0 radical (unpaired) electrons. The Morgan fingerprint density at radius 1 is 1.18 bits per heavy atom. The molecule has 1 amide bonds. The fourth-order valence-electron chi connectivity index (χ4n) is 2.07. The van der Waals surface area contributed by atoms with E-state index in [4.69, 9.17) is 4.74 Å². The van der Waals surface area contributed by atoms with Crippen LogP contribution >= 0.6 is 0 Å². The van der Waals surface area contributed by atoms with Crippen LogP contribution in [0.5, 0.6) is 5.75 Å². The van der Waals surface area contributed by atoms with Crippen molar-refractivity contribution < 1.29 is 19.1 Å². The van der Waals surface area contributed by atoms with Gasteiger partial charge < -0.3 is 14.4 Å². The number of hydrogen-bond donors (Lipinski definition) is 0. The largest absolute Gasteiger partial charge is 0.493 e. The van der Waals surface area contributed by atoms with E-state index in [2.05, 4.69) is 4.74 Å². The third-order valence-corrected chi connectivity index (χ3v) is 3.68. The zero-order valence-electron chi connectivity index (χ0n) is 13.8. The van der Waals surface area contributed by atoms with Gasteiger partial charge in [-0.2, -0.15) is 0 Å². The van der Waals surface area contributed by atoms with Crippen LogP contribution < -0.4 is 4.74 Å². The first-order chi connectivity index (χ1) is 10.5. The van der Waals surface area contributed by atoms with Gasteiger partial charge >= 0.3 is 5.97 Å². The van der Waals surface area contributed by atoms with Gasteiger partial charge in [-0.05, 0) is 38.0 Å². The van der Waals surface area contributed by atoms with Crippen LogP contribution in [0.3, 0.4) is 0 Å². The molecule has 0 fully saturated rings. The maximum atomic E-state index is 12.1. The number of benzene rings is 1. The van der Waals surface area contributed by atoms with Gasteiger partial charge in [-0.15, -0.1) is 0 Å². The molecule has 1 aromatic carbocycles. The molecule has 0 spiro atoms. The van der Waals surface area contributed by atoms with Gasteiger partial charge in [0.25, 0.3) is 0 Å². The topological polar surface area (TPSA) is 55.8 Å². The molecule has 122 valence electrons. The molecule has 1 rings (SSSR count). The molecule has 0 aliphatic heterocycles. The highest BCUT2D eigenvalue weighted by atomic mass is 16.5. The van der Waals surface area contributed by atoms with E-state index in [0.29, 0.717) is 26.1 Å². The molecule has 0 atom stereocenters. The SMILES string of the molecule is CCN(CCC(=O)OC)C(=O)CCOc1cccc(C)c1C. The minimum Gasteiger partial charge on any atom is -0.493 e. The van der Waals surface area contributed by atoms with Crippen LogP contribution in [-0.2, 0) is 14.3 Å². The zero-order chi connectivity index (χ0) is 16.5. The second kappa shape index (κ2) is 9.07. The Labute approximate surface area is 132 Å². The van der Waals surface area contributed by atoms with Crippen LogP contribution in [0.4, 0.5) is 0 Å². The summed E-state index contributed by atoms with van der Waals surface area (Å²) < 4.78 is 10.3. The fourth-order valence-corrected chi connectivity index (χ4v) is 2.07. The van der Waals surface area contributed by atoms with Crippen molar-refractivity contribution in [2.75, 3.05) is 26.8 Å². The molecule has 5 heteroatoms. The van der Waals surface area contributed by atoms with E-state index < -0.39 is 0 Å². The Morgan fingerprint density at radius 3 is 2.55 bits per heavy atom. The van der Waals surface area contributed by atoms with Crippen molar-refractivity contribution in [2.24, 2.45) is 0 Å². The molecule has 0 aliphatic carbocycles. The summed E-state index contributed by atoms with van der Waals surface area (Å²) in [5, 5.41) is 0. The van der Waals surface area contributed by atoms with Gasteiger partial charge in [0, 0.05) is 13.1 Å². The van der Waals surface area contributed by atoms with Gasteiger partial charge in [-0.25, -0.2) is 0 Å². The third-order valence-electron chi connectivity index (χ3n) is 3.68. The van der Waals surface area contributed by atoms with E-state index in [1.807, 2.05) is 39.0 Å². The second-order valence-electron chi connectivity index (χ2n) is 5.10. The Balaban J connectivity index is 2.43. The summed E-state index contributed by atoms with van der Waals surface area (Å²) in [6, 6.07) is 5.87. The van der Waals surface area contributed by atoms with Gasteiger partial charge in [-0.3, -0.25) is 9.59 Å². The highest BCUT2D eigenvalue weighted by molar-refractivity contribution is 5.77. The number of ether oxygens (including phenoxy) is 2. The first-order valence-corrected chi connectivity index (χ1v) is 7.53. The lowest BCUT2D eigenvalue weighted by atomic mass is 10.1. The first-order valence-electron chi connectivity index (χ1n) is 7.53. The molecule has 0 aromatic heterocycles. The highest BCUT2D eigenvalue weighted by Crippen LogP contribution is 2.20. The smallest absolute Gasteiger partial charge is 0.307 e. The van der Waals surface area contributed by atoms with E-state index in [1.165, 1.54) is 7.11 Å². The molecule has 0 N–H and O–H groups in total. The van der Waals surface area contributed by atoms with E-state index in [-0.39, 0.29) is 18.3 Å². The van der Waals surface area contributed by atoms with Crippen LogP contribution in [0, 0.1) is 13.8 Å². The summed E-state index contributed by atoms with van der Waals surface area (Å²) in [4.78, 5) is 24.9. The second-order valence-corrected chi connectivity index (χ2v) is 5.10. The maximum absolute atomic E-state index is 12.1. The van der Waals surface area contributed by atoms with Crippen molar-refractivity contribution in [3.63, 3.8) is 0 Å². The van der Waals surface area contributed by atoms with E-state index >= 15 is 0 Å². The Hall–Kier alpha value is -2.04. The standard InChI is InChI=1S/C17H25NO4/c1-5-18(11-9-17(20)21-4)16(19)10-12-22-15-8-6-7-13(2)14(15)3/h6-8H,5,9-12H2,1-4H3. The summed E-state index contributed by atoms with van der Waals surface area (Å²) in [5.41, 5.74) is 2.25. The number of esters is 1. The number of carbonyl (C=O) groups excluding carboxylic acids is 2. The van der Waals surface area contributed by atoms with Crippen molar-refractivity contribution in [3.8, 4) is 5.75 Å². The summed E-state index contributed by atoms with van der Waals surface area (Å²) in [7, 11) is 1.35. The van der Waals surface area contributed by atoms with Crippen molar-refractivity contribution in [2.45, 2.75) is 33.6 Å². The lowest BCUT2D eigenvalue weighted by molar-refractivity contribution is -0.141. The quantitative estimate of drug-likeness (QED) is 0.692. The van der Waals surface area contributed by atoms with Gasteiger partial charge in [0.15, 0.2) is 0 Å². The van der Waals surface area contributed by atoms with E-state index in [1.54, 1.807) is 4.90 Å². The molecule has 0 unspecified atom stereocenters. The van der Waals surface area contributed by atoms with Crippen LogP contribution in [-0.4, -0.2) is 43.6 Å². The fraction of sp³-hybridized carbons (Fsp3) is 0.529. The number of hydrogen-bond acceptors (Lipinski definition) is 4. The zero-order valence-corrected chi connectivity index (χ0v) is 13.8. The third kappa shape index (κ3) is 5.39. The van der Waals surface area contributed by atoms with Crippen molar-refractivity contribution in [1.82, 2.24) is 4.90 Å². The predicted octanol–water partition coefficient (Wildman–Crippen LogP) is 2.48. The van der Waals surface area contributed by atoms with Crippen molar-refractivity contribution in [3.05, 3.63) is 29.3 Å². The molecule has 0 bridgehead atoms. The van der Waals surface area contributed by atoms with Crippen molar-refractivity contribution >= 4 is 11.9 Å². The molecule has 0 saturated heterocycles. The van der Waals surface area contributed by atoms with Crippen molar-refractivity contribution in [1.29, 1.82) is 0 Å². The number of methoxy groups -OCH3 is 1. The van der Waals surface area contributed by atoms with Crippen LogP contribution in [0.2, 0.25) is 0 Å². The van der Waals surface area contributed by atoms with Gasteiger partial charge in [0.2, 0.25) is 5.91 Å². The van der Waals surface area contributed by atoms with E-state index in [0.717, 1.165) is 16.9 Å². The average molecular weight is 307 g/mol. The number of nitrogens with zero attached hydrogens (tertiary/aromatic N) is 1. The molecule has 0 aliphatic rings. The van der Waals surface area contributed by atoms with Crippen LogP contribution in [0.15, 0.2) is 18.2 Å². The molecule has 22 heavy (non-hydrogen) atoms. The average Bonchev–Trinajstić information content (AvgIpc) is 2.51. The molecule has 1 aromatic rings. The molecular weight excluding hydrogens is 282 g/mol. The number of carbonyl (C=O) groups is 2. The highest BCUT2D eigenvalue weighted by Gasteiger charge is 2.13. The van der Waals surface area contributed by atoms with Crippen LogP contribution in [0.25, 0.3) is 0 Å². The summed E-state index contributed by atoms with van der Waals surface area (Å²) in [6.07, 6.45) is 0.510. The molecule has 0 saturated carbocycles. The monoisotopic (exact) mass is 307 g/mol. The molecular formula is C17H25NO4. The minimum absolute atomic E-state index is 0.0169. The van der Waals surface area contributed by atoms with Gasteiger partial charge in [-0.1, -0.05) is 12.1 Å².